The molecule has 2 aromatic rings. The first-order chi connectivity index (χ1) is 10.1. The van der Waals surface area contributed by atoms with Crippen LogP contribution in [0.3, 0.4) is 0 Å². The molecule has 0 N–H and O–H groups in total. The Bertz CT molecular complexity index is 679. The fraction of sp³-hybridized carbons (Fsp3) is 0. The Kier molecular flexibility index (Phi) is 4.94. The third-order valence-electron chi connectivity index (χ3n) is 2.67. The monoisotopic (exact) mass is 514 g/mol. The van der Waals surface area contributed by atoms with Gasteiger partial charge in [0.15, 0.2) is 40.7 Å². The van der Waals surface area contributed by atoms with Gasteiger partial charge in [0.25, 0.3) is 0 Å². The van der Waals surface area contributed by atoms with Crippen LogP contribution in [-0.4, -0.2) is 0 Å². The van der Waals surface area contributed by atoms with Gasteiger partial charge in [-0.1, -0.05) is 0 Å². The van der Waals surface area contributed by atoms with E-state index >= 15 is 0 Å². The molecule has 0 unspecified atom stereocenters. The molecule has 0 amide bonds. The standard InChI is InChI=1S/C12Br3F7/c13-3-1(4(14)8(18)11(21)7(3)17)2-5(15)9(19)12(22)10(20)6(2)16. The maximum absolute atomic E-state index is 13.9. The second kappa shape index (κ2) is 6.12. The van der Waals surface area contributed by atoms with E-state index in [2.05, 4.69) is 47.8 Å². The molecule has 0 aliphatic rings. The van der Waals surface area contributed by atoms with E-state index in [1.807, 2.05) is 0 Å². The van der Waals surface area contributed by atoms with Crippen molar-refractivity contribution in [2.45, 2.75) is 0 Å². The van der Waals surface area contributed by atoms with Gasteiger partial charge in [0.1, 0.15) is 0 Å². The lowest BCUT2D eigenvalue weighted by molar-refractivity contribution is 0.407. The van der Waals surface area contributed by atoms with Crippen LogP contribution in [0.1, 0.15) is 0 Å². The van der Waals surface area contributed by atoms with Crippen molar-refractivity contribution >= 4 is 47.8 Å². The van der Waals surface area contributed by atoms with Crippen molar-refractivity contribution in [2.75, 3.05) is 0 Å². The summed E-state index contributed by atoms with van der Waals surface area (Å²) >= 11 is 7.59. The Labute approximate surface area is 143 Å². The number of rotatable bonds is 1. The van der Waals surface area contributed by atoms with E-state index in [-0.39, 0.29) is 0 Å². The third kappa shape index (κ3) is 2.48. The van der Waals surface area contributed by atoms with Crippen molar-refractivity contribution < 1.29 is 30.7 Å². The van der Waals surface area contributed by atoms with Crippen LogP contribution in [0, 0.1) is 40.7 Å². The zero-order chi connectivity index (χ0) is 16.9. The fourth-order valence-corrected chi connectivity index (χ4v) is 3.60. The van der Waals surface area contributed by atoms with E-state index in [0.717, 1.165) is 0 Å². The summed E-state index contributed by atoms with van der Waals surface area (Å²) in [5.41, 5.74) is -1.79. The van der Waals surface area contributed by atoms with Gasteiger partial charge in [-0.25, -0.2) is 30.7 Å². The van der Waals surface area contributed by atoms with E-state index in [1.165, 1.54) is 0 Å². The Morgan fingerprint density at radius 2 is 0.636 bits per heavy atom. The predicted octanol–water partition coefficient (Wildman–Crippen LogP) is 6.61. The van der Waals surface area contributed by atoms with Gasteiger partial charge >= 0.3 is 0 Å². The summed E-state index contributed by atoms with van der Waals surface area (Å²) in [5.74, 6) is -13.4. The summed E-state index contributed by atoms with van der Waals surface area (Å²) < 4.78 is 91.8. The van der Waals surface area contributed by atoms with Crippen molar-refractivity contribution in [2.24, 2.45) is 0 Å². The molecular weight excluding hydrogens is 517 g/mol. The van der Waals surface area contributed by atoms with Crippen LogP contribution >= 0.6 is 47.8 Å². The van der Waals surface area contributed by atoms with Crippen molar-refractivity contribution in [1.82, 2.24) is 0 Å². The number of halogens is 10. The van der Waals surface area contributed by atoms with E-state index in [0.29, 0.717) is 0 Å². The van der Waals surface area contributed by atoms with Crippen LogP contribution in [0.5, 0.6) is 0 Å². The van der Waals surface area contributed by atoms with Crippen molar-refractivity contribution in [1.29, 1.82) is 0 Å². The molecule has 0 bridgehead atoms. The Hall–Kier alpha value is -0.610. The highest BCUT2D eigenvalue weighted by Crippen LogP contribution is 2.45. The Morgan fingerprint density at radius 3 is 1.05 bits per heavy atom. The smallest absolute Gasteiger partial charge is 0.198 e. The topological polar surface area (TPSA) is 0 Å². The zero-order valence-corrected chi connectivity index (χ0v) is 14.5. The van der Waals surface area contributed by atoms with E-state index in [4.69, 9.17) is 0 Å². The summed E-state index contributed by atoms with van der Waals surface area (Å²) in [6, 6.07) is 0. The highest BCUT2D eigenvalue weighted by molar-refractivity contribution is 9.11. The largest absolute Gasteiger partial charge is 0.203 e. The van der Waals surface area contributed by atoms with Crippen LogP contribution in [0.15, 0.2) is 13.4 Å². The summed E-state index contributed by atoms with van der Waals surface area (Å²) in [4.78, 5) is 0. The lowest BCUT2D eigenvalue weighted by Gasteiger charge is -2.14. The molecule has 0 fully saturated rings. The molecule has 22 heavy (non-hydrogen) atoms. The van der Waals surface area contributed by atoms with Crippen LogP contribution in [0.2, 0.25) is 0 Å². The van der Waals surface area contributed by atoms with Gasteiger partial charge in [-0.15, -0.1) is 0 Å². The SMILES string of the molecule is Fc1c(F)c(F)c(-c2c(Br)c(F)c(F)c(F)c2Br)c(Br)c1F. The van der Waals surface area contributed by atoms with Crippen molar-refractivity contribution in [3.8, 4) is 11.1 Å². The van der Waals surface area contributed by atoms with E-state index in [1.54, 1.807) is 0 Å². The minimum absolute atomic E-state index is 0.765. The van der Waals surface area contributed by atoms with Gasteiger partial charge in [-0.05, 0) is 47.8 Å². The van der Waals surface area contributed by atoms with Gasteiger partial charge in [0, 0.05) is 11.1 Å². The van der Waals surface area contributed by atoms with Crippen LogP contribution in [0.25, 0.3) is 11.1 Å². The molecule has 2 rings (SSSR count). The molecule has 0 aliphatic heterocycles. The minimum Gasteiger partial charge on any atom is -0.203 e. The first-order valence-electron chi connectivity index (χ1n) is 5.14. The molecular formula is C12Br3F7. The first-order valence-corrected chi connectivity index (χ1v) is 7.52. The molecule has 0 aromatic heterocycles. The van der Waals surface area contributed by atoms with Crippen molar-refractivity contribution in [3.63, 3.8) is 0 Å². The molecule has 118 valence electrons. The molecule has 0 saturated carbocycles. The molecule has 0 aliphatic carbocycles. The molecule has 0 radical (unpaired) electrons. The Morgan fingerprint density at radius 1 is 0.364 bits per heavy atom. The maximum Gasteiger partial charge on any atom is 0.198 e. The second-order valence-electron chi connectivity index (χ2n) is 3.89. The molecule has 2 aromatic carbocycles. The van der Waals surface area contributed by atoms with E-state index in [9.17, 15) is 30.7 Å². The lowest BCUT2D eigenvalue weighted by atomic mass is 10.0. The van der Waals surface area contributed by atoms with Gasteiger partial charge in [-0.2, -0.15) is 0 Å². The average Bonchev–Trinajstić information content (AvgIpc) is 2.50. The first kappa shape index (κ1) is 17.7. The average molecular weight is 517 g/mol. The number of hydrogen-bond acceptors (Lipinski definition) is 0. The summed E-state index contributed by atoms with van der Waals surface area (Å²) in [5, 5.41) is 0. The third-order valence-corrected chi connectivity index (χ3v) is 4.90. The molecule has 10 heteroatoms. The van der Waals surface area contributed by atoms with Gasteiger partial charge in [0.2, 0.25) is 0 Å². The van der Waals surface area contributed by atoms with Crippen molar-refractivity contribution in [3.05, 3.63) is 54.1 Å². The normalized spacial score (nSPS) is 11.2. The minimum atomic E-state index is -2.18. The fourth-order valence-electron chi connectivity index (χ4n) is 1.65. The number of benzene rings is 2. The molecule has 0 heterocycles. The highest BCUT2D eigenvalue weighted by Gasteiger charge is 2.31. The maximum atomic E-state index is 13.9. The molecule has 0 nitrogen and oxygen atoms in total. The second-order valence-corrected chi connectivity index (χ2v) is 6.27. The van der Waals surface area contributed by atoms with Crippen LogP contribution < -0.4 is 0 Å². The quantitative estimate of drug-likeness (QED) is 0.227. The van der Waals surface area contributed by atoms with Crippen LogP contribution in [0.4, 0.5) is 30.7 Å². The predicted molar refractivity (Wildman–Crippen MR) is 74.7 cm³/mol. The number of hydrogen-bond donors (Lipinski definition) is 0. The zero-order valence-electron chi connectivity index (χ0n) is 9.78. The summed E-state index contributed by atoms with van der Waals surface area (Å²) in [6.07, 6.45) is 0. The van der Waals surface area contributed by atoms with E-state index < -0.39 is 65.3 Å². The molecule has 0 atom stereocenters. The van der Waals surface area contributed by atoms with Gasteiger partial charge in [0.05, 0.1) is 13.4 Å². The lowest BCUT2D eigenvalue weighted by Crippen LogP contribution is -2.04. The summed E-state index contributed by atoms with van der Waals surface area (Å²) in [6.45, 7) is 0. The molecule has 0 saturated heterocycles. The van der Waals surface area contributed by atoms with Gasteiger partial charge in [-0.3, -0.25) is 0 Å². The van der Waals surface area contributed by atoms with Gasteiger partial charge < -0.3 is 0 Å². The summed E-state index contributed by atoms with van der Waals surface area (Å²) in [7, 11) is 0. The molecule has 0 spiro atoms. The highest BCUT2D eigenvalue weighted by atomic mass is 79.9. The van der Waals surface area contributed by atoms with Crippen LogP contribution in [-0.2, 0) is 0 Å². The Balaban J connectivity index is 3.03.